The standard InChI is InChI=1S/C13H20N4O4S/c1-9-6-11(12(21-2)15-7-9)16-13(18)17-5-3-4-10(17)8-22(14,19)20/h6-7,10H,3-5,8H2,1-2H3,(H,16,18)(H2,14,19,20). The summed E-state index contributed by atoms with van der Waals surface area (Å²) in [6.07, 6.45) is 3.00. The maximum Gasteiger partial charge on any atom is 0.322 e. The van der Waals surface area contributed by atoms with Gasteiger partial charge in [0.1, 0.15) is 5.69 Å². The second-order valence-electron chi connectivity index (χ2n) is 5.32. The maximum atomic E-state index is 12.4. The van der Waals surface area contributed by atoms with Crippen LogP contribution in [0, 0.1) is 6.92 Å². The van der Waals surface area contributed by atoms with E-state index < -0.39 is 16.1 Å². The monoisotopic (exact) mass is 328 g/mol. The van der Waals surface area contributed by atoms with Crippen LogP contribution in [-0.2, 0) is 10.0 Å². The predicted molar refractivity (Wildman–Crippen MR) is 82.2 cm³/mol. The zero-order chi connectivity index (χ0) is 16.3. The minimum Gasteiger partial charge on any atom is -0.480 e. The second-order valence-corrected chi connectivity index (χ2v) is 6.98. The number of methoxy groups -OCH3 is 1. The molecule has 1 unspecified atom stereocenters. The number of nitrogens with one attached hydrogen (secondary N) is 1. The molecule has 0 saturated carbocycles. The quantitative estimate of drug-likeness (QED) is 0.843. The Bertz CT molecular complexity index is 662. The highest BCUT2D eigenvalue weighted by Gasteiger charge is 2.31. The molecule has 8 nitrogen and oxygen atoms in total. The molecule has 1 saturated heterocycles. The lowest BCUT2D eigenvalue weighted by atomic mass is 10.2. The minimum atomic E-state index is -3.63. The second kappa shape index (κ2) is 6.49. The number of likely N-dealkylation sites (tertiary alicyclic amines) is 1. The first-order valence-electron chi connectivity index (χ1n) is 6.89. The van der Waals surface area contributed by atoms with E-state index >= 15 is 0 Å². The molecule has 2 heterocycles. The first kappa shape index (κ1) is 16.5. The summed E-state index contributed by atoms with van der Waals surface area (Å²) < 4.78 is 27.6. The Morgan fingerprint density at radius 3 is 2.95 bits per heavy atom. The smallest absolute Gasteiger partial charge is 0.322 e. The number of carbonyl (C=O) groups is 1. The van der Waals surface area contributed by atoms with Crippen LogP contribution in [0.15, 0.2) is 12.3 Å². The summed E-state index contributed by atoms with van der Waals surface area (Å²) in [5.41, 5.74) is 1.33. The number of aryl methyl sites for hydroxylation is 1. The van der Waals surface area contributed by atoms with Gasteiger partial charge in [-0.3, -0.25) is 0 Å². The van der Waals surface area contributed by atoms with Crippen LogP contribution in [0.2, 0.25) is 0 Å². The number of rotatable bonds is 4. The Morgan fingerprint density at radius 2 is 2.32 bits per heavy atom. The fourth-order valence-corrected chi connectivity index (χ4v) is 3.42. The number of primary sulfonamides is 1. The minimum absolute atomic E-state index is 0.233. The van der Waals surface area contributed by atoms with Gasteiger partial charge < -0.3 is 15.0 Å². The number of nitrogens with zero attached hydrogens (tertiary/aromatic N) is 2. The van der Waals surface area contributed by atoms with E-state index in [2.05, 4.69) is 10.3 Å². The lowest BCUT2D eigenvalue weighted by Crippen LogP contribution is -2.43. The number of anilines is 1. The first-order valence-corrected chi connectivity index (χ1v) is 8.60. The average Bonchev–Trinajstić information content (AvgIpc) is 2.85. The van der Waals surface area contributed by atoms with Crippen molar-refractivity contribution in [2.24, 2.45) is 5.14 Å². The molecule has 2 amide bonds. The molecule has 1 aliphatic rings. The molecule has 22 heavy (non-hydrogen) atoms. The van der Waals surface area contributed by atoms with E-state index in [4.69, 9.17) is 9.88 Å². The van der Waals surface area contributed by atoms with E-state index in [9.17, 15) is 13.2 Å². The van der Waals surface area contributed by atoms with Gasteiger partial charge in [0.15, 0.2) is 0 Å². The Hall–Kier alpha value is -1.87. The Kier molecular flexibility index (Phi) is 4.87. The van der Waals surface area contributed by atoms with Crippen molar-refractivity contribution in [1.82, 2.24) is 9.88 Å². The van der Waals surface area contributed by atoms with Crippen LogP contribution in [0.3, 0.4) is 0 Å². The molecule has 1 aliphatic heterocycles. The van der Waals surface area contributed by atoms with Crippen LogP contribution in [0.25, 0.3) is 0 Å². The largest absolute Gasteiger partial charge is 0.480 e. The molecule has 2 rings (SSSR count). The molecule has 1 aromatic heterocycles. The molecule has 1 atom stereocenters. The number of sulfonamides is 1. The summed E-state index contributed by atoms with van der Waals surface area (Å²) in [7, 11) is -2.16. The number of pyridine rings is 1. The van der Waals surface area contributed by atoms with Crippen molar-refractivity contribution < 1.29 is 17.9 Å². The number of carbonyl (C=O) groups excluding carboxylic acids is 1. The van der Waals surface area contributed by atoms with E-state index in [0.29, 0.717) is 24.5 Å². The molecule has 9 heteroatoms. The molecule has 1 aromatic rings. The van der Waals surface area contributed by atoms with Gasteiger partial charge >= 0.3 is 6.03 Å². The van der Waals surface area contributed by atoms with Crippen LogP contribution >= 0.6 is 0 Å². The van der Waals surface area contributed by atoms with Crippen molar-refractivity contribution in [1.29, 1.82) is 0 Å². The van der Waals surface area contributed by atoms with E-state index in [1.54, 1.807) is 12.3 Å². The molecule has 3 N–H and O–H groups in total. The van der Waals surface area contributed by atoms with Gasteiger partial charge in [-0.15, -0.1) is 0 Å². The zero-order valence-electron chi connectivity index (χ0n) is 12.6. The van der Waals surface area contributed by atoms with Crippen LogP contribution in [0.1, 0.15) is 18.4 Å². The number of hydrogen-bond acceptors (Lipinski definition) is 5. The van der Waals surface area contributed by atoms with Crippen molar-refractivity contribution in [2.75, 3.05) is 24.7 Å². The van der Waals surface area contributed by atoms with E-state index in [1.165, 1.54) is 12.0 Å². The molecule has 0 radical (unpaired) electrons. The lowest BCUT2D eigenvalue weighted by Gasteiger charge is -2.24. The number of aromatic nitrogens is 1. The summed E-state index contributed by atoms with van der Waals surface area (Å²) in [5.74, 6) is 0.0741. The van der Waals surface area contributed by atoms with E-state index in [-0.39, 0.29) is 11.8 Å². The first-order chi connectivity index (χ1) is 10.3. The van der Waals surface area contributed by atoms with Crippen molar-refractivity contribution >= 4 is 21.7 Å². The molecule has 122 valence electrons. The normalized spacial score (nSPS) is 18.3. The summed E-state index contributed by atoms with van der Waals surface area (Å²) in [6, 6.07) is 0.963. The highest BCUT2D eigenvalue weighted by molar-refractivity contribution is 7.89. The van der Waals surface area contributed by atoms with Gasteiger partial charge in [-0.05, 0) is 31.4 Å². The van der Waals surface area contributed by atoms with Crippen LogP contribution < -0.4 is 15.2 Å². The number of nitrogens with two attached hydrogens (primary N) is 1. The third kappa shape index (κ3) is 4.08. The van der Waals surface area contributed by atoms with Gasteiger partial charge in [0.25, 0.3) is 0 Å². The van der Waals surface area contributed by atoms with Gasteiger partial charge in [-0.2, -0.15) is 0 Å². The van der Waals surface area contributed by atoms with Crippen molar-refractivity contribution in [3.05, 3.63) is 17.8 Å². The highest BCUT2D eigenvalue weighted by Crippen LogP contribution is 2.24. The Morgan fingerprint density at radius 1 is 1.59 bits per heavy atom. The molecule has 0 bridgehead atoms. The average molecular weight is 328 g/mol. The van der Waals surface area contributed by atoms with Gasteiger partial charge in [0.05, 0.1) is 12.9 Å². The third-order valence-corrected chi connectivity index (χ3v) is 4.33. The van der Waals surface area contributed by atoms with Crippen molar-refractivity contribution in [2.45, 2.75) is 25.8 Å². The zero-order valence-corrected chi connectivity index (χ0v) is 13.4. The fraction of sp³-hybridized carbons (Fsp3) is 0.538. The summed E-state index contributed by atoms with van der Waals surface area (Å²) >= 11 is 0. The molecule has 0 spiro atoms. The van der Waals surface area contributed by atoms with Crippen LogP contribution in [-0.4, -0.2) is 49.8 Å². The lowest BCUT2D eigenvalue weighted by molar-refractivity contribution is 0.210. The number of hydrogen-bond donors (Lipinski definition) is 2. The van der Waals surface area contributed by atoms with E-state index in [0.717, 1.165) is 12.0 Å². The van der Waals surface area contributed by atoms with Crippen molar-refractivity contribution in [3.8, 4) is 5.88 Å². The van der Waals surface area contributed by atoms with Gasteiger partial charge in [0.2, 0.25) is 15.9 Å². The molecule has 0 aliphatic carbocycles. The summed E-state index contributed by atoms with van der Waals surface area (Å²) in [4.78, 5) is 18.0. The Balaban J connectivity index is 2.13. The van der Waals surface area contributed by atoms with Crippen LogP contribution in [0.4, 0.5) is 10.5 Å². The predicted octanol–water partition coefficient (Wildman–Crippen LogP) is 0.683. The topological polar surface area (TPSA) is 115 Å². The fourth-order valence-electron chi connectivity index (χ4n) is 2.54. The third-order valence-electron chi connectivity index (χ3n) is 3.49. The molecular weight excluding hydrogens is 308 g/mol. The highest BCUT2D eigenvalue weighted by atomic mass is 32.2. The SMILES string of the molecule is COc1ncc(C)cc1NC(=O)N1CCCC1CS(N)(=O)=O. The molecule has 1 fully saturated rings. The molecular formula is C13H20N4O4S. The Labute approximate surface area is 129 Å². The van der Waals surface area contributed by atoms with Gasteiger partial charge in [-0.25, -0.2) is 23.3 Å². The summed E-state index contributed by atoms with van der Waals surface area (Å²) in [6.45, 7) is 2.34. The van der Waals surface area contributed by atoms with Gasteiger partial charge in [-0.1, -0.05) is 0 Å². The maximum absolute atomic E-state index is 12.4. The number of ether oxygens (including phenoxy) is 1. The van der Waals surface area contributed by atoms with Crippen molar-refractivity contribution in [3.63, 3.8) is 0 Å². The number of urea groups is 1. The number of amides is 2. The van der Waals surface area contributed by atoms with Gasteiger partial charge in [0, 0.05) is 18.8 Å². The molecule has 0 aromatic carbocycles. The van der Waals surface area contributed by atoms with Crippen LogP contribution in [0.5, 0.6) is 5.88 Å². The summed E-state index contributed by atoms with van der Waals surface area (Å²) in [5, 5.41) is 7.80. The van der Waals surface area contributed by atoms with E-state index in [1.807, 2.05) is 6.92 Å².